The van der Waals surface area contributed by atoms with Gasteiger partial charge in [-0.3, -0.25) is 0 Å². The second kappa shape index (κ2) is 5.67. The molecule has 2 amide bonds. The van der Waals surface area contributed by atoms with E-state index in [0.29, 0.717) is 13.1 Å². The van der Waals surface area contributed by atoms with Crippen LogP contribution in [0.25, 0.3) is 0 Å². The SMILES string of the molecule is CC(C)(C)C1=CCN(C(=O)N2C[C@H](O)C[C@@H]2C(=O)O)CC1. The third-order valence-electron chi connectivity index (χ3n) is 4.25. The molecule has 0 aromatic heterocycles. The van der Waals surface area contributed by atoms with Gasteiger partial charge in [-0.1, -0.05) is 32.4 Å². The maximum atomic E-state index is 12.5. The summed E-state index contributed by atoms with van der Waals surface area (Å²) in [6.07, 6.45) is 2.23. The van der Waals surface area contributed by atoms with Crippen molar-refractivity contribution in [3.05, 3.63) is 11.6 Å². The molecule has 0 aliphatic carbocycles. The Balaban J connectivity index is 2.05. The van der Waals surface area contributed by atoms with Crippen LogP contribution in [0.2, 0.25) is 0 Å². The first-order valence-electron chi connectivity index (χ1n) is 7.36. The van der Waals surface area contributed by atoms with Crippen molar-refractivity contribution in [2.24, 2.45) is 5.41 Å². The van der Waals surface area contributed by atoms with Gasteiger partial charge >= 0.3 is 12.0 Å². The van der Waals surface area contributed by atoms with E-state index in [2.05, 4.69) is 26.8 Å². The Bertz CT molecular complexity index is 467. The highest BCUT2D eigenvalue weighted by molar-refractivity contribution is 5.83. The average molecular weight is 296 g/mol. The van der Waals surface area contributed by atoms with Crippen LogP contribution in [0.4, 0.5) is 4.79 Å². The van der Waals surface area contributed by atoms with E-state index in [1.165, 1.54) is 10.5 Å². The number of carbonyl (C=O) groups is 2. The molecular weight excluding hydrogens is 272 g/mol. The van der Waals surface area contributed by atoms with Crippen LogP contribution in [-0.2, 0) is 4.79 Å². The molecular formula is C15H24N2O4. The normalized spacial score (nSPS) is 26.8. The van der Waals surface area contributed by atoms with Crippen LogP contribution in [0.1, 0.15) is 33.6 Å². The highest BCUT2D eigenvalue weighted by atomic mass is 16.4. The Morgan fingerprint density at radius 3 is 2.48 bits per heavy atom. The standard InChI is InChI=1S/C15H24N2O4/c1-15(2,3)10-4-6-16(7-5-10)14(21)17-9-11(18)8-12(17)13(19)20/h4,11-12,18H,5-9H2,1-3H3,(H,19,20)/t11-,12-/m1/s1. The fourth-order valence-corrected chi connectivity index (χ4v) is 2.97. The monoisotopic (exact) mass is 296 g/mol. The average Bonchev–Trinajstić information content (AvgIpc) is 2.79. The first-order valence-corrected chi connectivity index (χ1v) is 7.36. The Labute approximate surface area is 125 Å². The molecule has 0 unspecified atom stereocenters. The number of aliphatic hydroxyl groups excluding tert-OH is 1. The molecule has 2 rings (SSSR count). The van der Waals surface area contributed by atoms with Gasteiger partial charge in [-0.15, -0.1) is 0 Å². The van der Waals surface area contributed by atoms with E-state index in [1.807, 2.05) is 0 Å². The molecule has 1 saturated heterocycles. The molecule has 2 aliphatic rings. The van der Waals surface area contributed by atoms with Crippen molar-refractivity contribution < 1.29 is 19.8 Å². The van der Waals surface area contributed by atoms with Gasteiger partial charge in [0.2, 0.25) is 0 Å². The van der Waals surface area contributed by atoms with Crippen molar-refractivity contribution in [2.75, 3.05) is 19.6 Å². The number of rotatable bonds is 1. The summed E-state index contributed by atoms with van der Waals surface area (Å²) in [5.41, 5.74) is 1.42. The molecule has 0 bridgehead atoms. The van der Waals surface area contributed by atoms with Gasteiger partial charge in [0.05, 0.1) is 6.10 Å². The maximum Gasteiger partial charge on any atom is 0.326 e. The predicted octanol–water partition coefficient (Wildman–Crippen LogP) is 1.30. The number of hydrogen-bond acceptors (Lipinski definition) is 3. The quantitative estimate of drug-likeness (QED) is 0.715. The third kappa shape index (κ3) is 3.37. The summed E-state index contributed by atoms with van der Waals surface area (Å²) >= 11 is 0. The molecule has 118 valence electrons. The van der Waals surface area contributed by atoms with Crippen LogP contribution in [0.15, 0.2) is 11.6 Å². The molecule has 1 fully saturated rings. The van der Waals surface area contributed by atoms with Crippen molar-refractivity contribution in [1.29, 1.82) is 0 Å². The number of likely N-dealkylation sites (tertiary alicyclic amines) is 1. The van der Waals surface area contributed by atoms with Crippen molar-refractivity contribution in [2.45, 2.75) is 45.8 Å². The van der Waals surface area contributed by atoms with E-state index in [-0.39, 0.29) is 24.4 Å². The summed E-state index contributed by atoms with van der Waals surface area (Å²) < 4.78 is 0. The maximum absolute atomic E-state index is 12.5. The molecule has 2 aliphatic heterocycles. The van der Waals surface area contributed by atoms with Crippen LogP contribution in [0, 0.1) is 5.41 Å². The topological polar surface area (TPSA) is 81.1 Å². The third-order valence-corrected chi connectivity index (χ3v) is 4.25. The number of carboxylic acid groups (broad SMARTS) is 1. The zero-order valence-electron chi connectivity index (χ0n) is 12.9. The smallest absolute Gasteiger partial charge is 0.326 e. The summed E-state index contributed by atoms with van der Waals surface area (Å²) in [5.74, 6) is -1.05. The molecule has 2 heterocycles. The minimum Gasteiger partial charge on any atom is -0.480 e. The van der Waals surface area contributed by atoms with Crippen LogP contribution < -0.4 is 0 Å². The van der Waals surface area contributed by atoms with Crippen molar-refractivity contribution >= 4 is 12.0 Å². The van der Waals surface area contributed by atoms with Crippen molar-refractivity contribution in [3.63, 3.8) is 0 Å². The number of β-amino-alcohol motifs (C(OH)–C–C–N with tert-alkyl or cyclic N) is 1. The molecule has 2 N–H and O–H groups in total. The van der Waals surface area contributed by atoms with Gasteiger partial charge in [-0.05, 0) is 11.8 Å². The van der Waals surface area contributed by atoms with Crippen LogP contribution in [-0.4, -0.2) is 63.8 Å². The molecule has 6 nitrogen and oxygen atoms in total. The van der Waals surface area contributed by atoms with E-state index in [1.54, 1.807) is 4.90 Å². The number of carboxylic acids is 1. The molecule has 0 aromatic rings. The minimum atomic E-state index is -1.05. The van der Waals surface area contributed by atoms with E-state index in [0.717, 1.165) is 6.42 Å². The summed E-state index contributed by atoms with van der Waals surface area (Å²) in [6, 6.07) is -1.20. The number of amides is 2. The molecule has 0 radical (unpaired) electrons. The fraction of sp³-hybridized carbons (Fsp3) is 0.733. The summed E-state index contributed by atoms with van der Waals surface area (Å²) in [5, 5.41) is 18.8. The fourth-order valence-electron chi connectivity index (χ4n) is 2.97. The van der Waals surface area contributed by atoms with Gasteiger partial charge in [0.1, 0.15) is 6.04 Å². The van der Waals surface area contributed by atoms with Crippen LogP contribution in [0.3, 0.4) is 0 Å². The summed E-state index contributed by atoms with van der Waals surface area (Å²) in [4.78, 5) is 26.6. The largest absolute Gasteiger partial charge is 0.480 e. The minimum absolute atomic E-state index is 0.0993. The molecule has 6 heteroatoms. The number of aliphatic carboxylic acids is 1. The summed E-state index contributed by atoms with van der Waals surface area (Å²) in [6.45, 7) is 7.64. The second-order valence-electron chi connectivity index (χ2n) is 6.85. The zero-order chi connectivity index (χ0) is 15.8. The molecule has 0 spiro atoms. The van der Waals surface area contributed by atoms with Gasteiger partial charge in [-0.25, -0.2) is 9.59 Å². The Kier molecular flexibility index (Phi) is 4.27. The number of hydrogen-bond donors (Lipinski definition) is 2. The molecule has 21 heavy (non-hydrogen) atoms. The lowest BCUT2D eigenvalue weighted by Crippen LogP contribution is -2.49. The number of aliphatic hydroxyl groups is 1. The zero-order valence-corrected chi connectivity index (χ0v) is 12.9. The first-order chi connectivity index (χ1) is 9.70. The Morgan fingerprint density at radius 2 is 2.00 bits per heavy atom. The van der Waals surface area contributed by atoms with Crippen LogP contribution >= 0.6 is 0 Å². The van der Waals surface area contributed by atoms with E-state index < -0.39 is 18.1 Å². The predicted molar refractivity (Wildman–Crippen MR) is 77.9 cm³/mol. The van der Waals surface area contributed by atoms with Gasteiger partial charge in [0, 0.05) is 26.1 Å². The van der Waals surface area contributed by atoms with Gasteiger partial charge in [-0.2, -0.15) is 0 Å². The number of urea groups is 1. The van der Waals surface area contributed by atoms with Crippen molar-refractivity contribution in [3.8, 4) is 0 Å². The highest BCUT2D eigenvalue weighted by Crippen LogP contribution is 2.30. The van der Waals surface area contributed by atoms with Gasteiger partial charge < -0.3 is 20.0 Å². The summed E-state index contributed by atoms with van der Waals surface area (Å²) in [7, 11) is 0. The Morgan fingerprint density at radius 1 is 1.33 bits per heavy atom. The lowest BCUT2D eigenvalue weighted by molar-refractivity contribution is -0.141. The Hall–Kier alpha value is -1.56. The lowest BCUT2D eigenvalue weighted by atomic mass is 9.83. The molecule has 2 atom stereocenters. The first kappa shape index (κ1) is 15.8. The lowest BCUT2D eigenvalue weighted by Gasteiger charge is -2.35. The number of carbonyl (C=O) groups excluding carboxylic acids is 1. The molecule has 0 aromatic carbocycles. The van der Waals surface area contributed by atoms with E-state index >= 15 is 0 Å². The van der Waals surface area contributed by atoms with E-state index in [9.17, 15) is 14.7 Å². The van der Waals surface area contributed by atoms with Gasteiger partial charge in [0.25, 0.3) is 0 Å². The second-order valence-corrected chi connectivity index (χ2v) is 6.85. The van der Waals surface area contributed by atoms with Crippen molar-refractivity contribution in [1.82, 2.24) is 9.80 Å². The highest BCUT2D eigenvalue weighted by Gasteiger charge is 2.40. The molecule has 0 saturated carbocycles. The van der Waals surface area contributed by atoms with Crippen LogP contribution in [0.5, 0.6) is 0 Å². The number of nitrogens with zero attached hydrogens (tertiary/aromatic N) is 2. The van der Waals surface area contributed by atoms with E-state index in [4.69, 9.17) is 5.11 Å². The van der Waals surface area contributed by atoms with Gasteiger partial charge in [0.15, 0.2) is 0 Å².